The van der Waals surface area contributed by atoms with Gasteiger partial charge in [0.25, 0.3) is 0 Å². The summed E-state index contributed by atoms with van der Waals surface area (Å²) in [5.74, 6) is 0.788. The lowest BCUT2D eigenvalue weighted by atomic mass is 9.84. The lowest BCUT2D eigenvalue weighted by molar-refractivity contribution is -0.137. The Labute approximate surface area is 109 Å². The third-order valence-electron chi connectivity index (χ3n) is 5.02. The molecule has 2 saturated heterocycles. The summed E-state index contributed by atoms with van der Waals surface area (Å²) in [6.45, 7) is 4.18. The van der Waals surface area contributed by atoms with Crippen LogP contribution >= 0.6 is 0 Å². The van der Waals surface area contributed by atoms with E-state index in [2.05, 4.69) is 9.80 Å². The molecule has 0 radical (unpaired) electrons. The fourth-order valence-corrected chi connectivity index (χ4v) is 3.44. The Morgan fingerprint density at radius 1 is 1.00 bits per heavy atom. The molecule has 0 bridgehead atoms. The molecule has 2 N–H and O–H groups in total. The number of piperidine rings is 1. The van der Waals surface area contributed by atoms with Crippen molar-refractivity contribution in [3.63, 3.8) is 0 Å². The van der Waals surface area contributed by atoms with E-state index in [-0.39, 0.29) is 0 Å². The molecule has 0 spiro atoms. The third kappa shape index (κ3) is 2.41. The number of nitrogens with two attached hydrogens (primary N) is 1. The van der Waals surface area contributed by atoms with Gasteiger partial charge in [0.2, 0.25) is 5.91 Å². The predicted molar refractivity (Wildman–Crippen MR) is 71.1 cm³/mol. The van der Waals surface area contributed by atoms with Crippen molar-refractivity contribution < 1.29 is 4.79 Å². The smallest absolute Gasteiger partial charge is 0.225 e. The van der Waals surface area contributed by atoms with Gasteiger partial charge >= 0.3 is 0 Å². The fraction of sp³-hybridized carbons (Fsp3) is 0.929. The van der Waals surface area contributed by atoms with E-state index in [1.165, 1.54) is 6.42 Å². The average molecular weight is 251 g/mol. The van der Waals surface area contributed by atoms with Crippen LogP contribution in [0.2, 0.25) is 0 Å². The Morgan fingerprint density at radius 3 is 2.33 bits per heavy atom. The molecule has 0 aromatic carbocycles. The summed E-state index contributed by atoms with van der Waals surface area (Å²) in [7, 11) is 0. The van der Waals surface area contributed by atoms with Crippen LogP contribution in [0.25, 0.3) is 0 Å². The zero-order valence-corrected chi connectivity index (χ0v) is 11.2. The number of hydrogen-bond acceptors (Lipinski definition) is 3. The van der Waals surface area contributed by atoms with E-state index in [9.17, 15) is 4.79 Å². The quantitative estimate of drug-likeness (QED) is 0.790. The number of carbonyl (C=O) groups excluding carboxylic acids is 1. The highest BCUT2D eigenvalue weighted by Gasteiger charge is 2.36. The fourth-order valence-electron chi connectivity index (χ4n) is 3.44. The molecule has 2 heterocycles. The van der Waals surface area contributed by atoms with Crippen molar-refractivity contribution >= 4 is 5.91 Å². The van der Waals surface area contributed by atoms with Gasteiger partial charge < -0.3 is 10.6 Å². The molecule has 0 aromatic rings. The van der Waals surface area contributed by atoms with Gasteiger partial charge in [0.1, 0.15) is 0 Å². The van der Waals surface area contributed by atoms with Crippen molar-refractivity contribution in [3.05, 3.63) is 0 Å². The standard InChI is InChI=1S/C14H25N3O/c15-12-4-7-16(8-5-12)13-6-9-17(10-13)14(18)11-2-1-3-11/h11-13H,1-10,15H2. The number of likely N-dealkylation sites (tertiary alicyclic amines) is 2. The molecule has 3 aliphatic rings. The molecule has 3 rings (SSSR count). The van der Waals surface area contributed by atoms with Crippen LogP contribution in [0.4, 0.5) is 0 Å². The molecule has 1 aliphatic carbocycles. The second kappa shape index (κ2) is 5.17. The van der Waals surface area contributed by atoms with Crippen LogP contribution in [0.5, 0.6) is 0 Å². The first-order valence-electron chi connectivity index (χ1n) is 7.52. The first-order chi connectivity index (χ1) is 8.74. The minimum Gasteiger partial charge on any atom is -0.341 e. The first-order valence-corrected chi connectivity index (χ1v) is 7.52. The monoisotopic (exact) mass is 251 g/mol. The molecular formula is C14H25N3O. The Hall–Kier alpha value is -0.610. The van der Waals surface area contributed by atoms with Crippen molar-refractivity contribution in [1.29, 1.82) is 0 Å². The first kappa shape index (κ1) is 12.4. The van der Waals surface area contributed by atoms with Crippen LogP contribution in [-0.2, 0) is 4.79 Å². The number of carbonyl (C=O) groups is 1. The molecule has 18 heavy (non-hydrogen) atoms. The molecular weight excluding hydrogens is 226 g/mol. The van der Waals surface area contributed by atoms with E-state index in [0.717, 1.165) is 58.3 Å². The zero-order valence-electron chi connectivity index (χ0n) is 11.2. The number of nitrogens with zero attached hydrogens (tertiary/aromatic N) is 2. The lowest BCUT2D eigenvalue weighted by Gasteiger charge is -2.35. The summed E-state index contributed by atoms with van der Waals surface area (Å²) in [5.41, 5.74) is 5.95. The van der Waals surface area contributed by atoms with Gasteiger partial charge in [0, 0.05) is 31.1 Å². The molecule has 0 aromatic heterocycles. The Kier molecular flexibility index (Phi) is 3.57. The highest BCUT2D eigenvalue weighted by atomic mass is 16.2. The predicted octanol–water partition coefficient (Wildman–Crippen LogP) is 0.810. The molecule has 1 unspecified atom stereocenters. The minimum atomic E-state index is 0.360. The van der Waals surface area contributed by atoms with Gasteiger partial charge in [-0.25, -0.2) is 0 Å². The van der Waals surface area contributed by atoms with Crippen molar-refractivity contribution in [2.24, 2.45) is 11.7 Å². The van der Waals surface area contributed by atoms with Gasteiger partial charge in [0.15, 0.2) is 0 Å². The summed E-state index contributed by atoms with van der Waals surface area (Å²) in [6.07, 6.45) is 6.89. The maximum Gasteiger partial charge on any atom is 0.225 e. The van der Waals surface area contributed by atoms with Crippen LogP contribution in [0.3, 0.4) is 0 Å². The number of hydrogen-bond donors (Lipinski definition) is 1. The van der Waals surface area contributed by atoms with E-state index in [1.54, 1.807) is 0 Å². The highest BCUT2D eigenvalue weighted by Crippen LogP contribution is 2.30. The SMILES string of the molecule is NC1CCN(C2CCN(C(=O)C3CCC3)C2)CC1. The molecule has 102 valence electrons. The van der Waals surface area contributed by atoms with E-state index >= 15 is 0 Å². The second-order valence-electron chi connectivity index (χ2n) is 6.23. The Balaban J connectivity index is 1.50. The Bertz CT molecular complexity index is 308. The molecule has 4 heteroatoms. The van der Waals surface area contributed by atoms with E-state index in [0.29, 0.717) is 23.9 Å². The van der Waals surface area contributed by atoms with Gasteiger partial charge in [-0.15, -0.1) is 0 Å². The third-order valence-corrected chi connectivity index (χ3v) is 5.02. The van der Waals surface area contributed by atoms with Gasteiger partial charge in [-0.2, -0.15) is 0 Å². The normalized spacial score (nSPS) is 31.6. The summed E-state index contributed by atoms with van der Waals surface area (Å²) >= 11 is 0. The van der Waals surface area contributed by atoms with E-state index < -0.39 is 0 Å². The molecule has 1 saturated carbocycles. The second-order valence-corrected chi connectivity index (χ2v) is 6.23. The number of amides is 1. The molecule has 2 aliphatic heterocycles. The topological polar surface area (TPSA) is 49.6 Å². The minimum absolute atomic E-state index is 0.360. The van der Waals surface area contributed by atoms with Gasteiger partial charge in [-0.1, -0.05) is 6.42 Å². The summed E-state index contributed by atoms with van der Waals surface area (Å²) in [5, 5.41) is 0. The molecule has 1 amide bonds. The number of rotatable bonds is 2. The van der Waals surface area contributed by atoms with Crippen LogP contribution in [0.1, 0.15) is 38.5 Å². The highest BCUT2D eigenvalue weighted by molar-refractivity contribution is 5.79. The molecule has 3 fully saturated rings. The van der Waals surface area contributed by atoms with Crippen LogP contribution in [-0.4, -0.2) is 54.0 Å². The van der Waals surface area contributed by atoms with Gasteiger partial charge in [-0.3, -0.25) is 9.69 Å². The van der Waals surface area contributed by atoms with Crippen molar-refractivity contribution in [2.45, 2.75) is 50.6 Å². The zero-order chi connectivity index (χ0) is 12.5. The maximum atomic E-state index is 12.2. The van der Waals surface area contributed by atoms with Crippen LogP contribution in [0, 0.1) is 5.92 Å². The van der Waals surface area contributed by atoms with Crippen LogP contribution < -0.4 is 5.73 Å². The molecule has 4 nitrogen and oxygen atoms in total. The summed E-state index contributed by atoms with van der Waals surface area (Å²) in [4.78, 5) is 16.9. The summed E-state index contributed by atoms with van der Waals surface area (Å²) in [6, 6.07) is 0.997. The van der Waals surface area contributed by atoms with Crippen LogP contribution in [0.15, 0.2) is 0 Å². The van der Waals surface area contributed by atoms with E-state index in [1.807, 2.05) is 0 Å². The van der Waals surface area contributed by atoms with Crippen molar-refractivity contribution in [3.8, 4) is 0 Å². The van der Waals surface area contributed by atoms with Crippen molar-refractivity contribution in [2.75, 3.05) is 26.2 Å². The van der Waals surface area contributed by atoms with Gasteiger partial charge in [0.05, 0.1) is 0 Å². The lowest BCUT2D eigenvalue weighted by Crippen LogP contribution is -2.47. The Morgan fingerprint density at radius 2 is 1.72 bits per heavy atom. The average Bonchev–Trinajstić information content (AvgIpc) is 2.77. The maximum absolute atomic E-state index is 12.2. The largest absolute Gasteiger partial charge is 0.341 e. The van der Waals surface area contributed by atoms with E-state index in [4.69, 9.17) is 5.73 Å². The van der Waals surface area contributed by atoms with Crippen molar-refractivity contribution in [1.82, 2.24) is 9.80 Å². The molecule has 1 atom stereocenters. The summed E-state index contributed by atoms with van der Waals surface area (Å²) < 4.78 is 0. The van der Waals surface area contributed by atoms with Gasteiger partial charge in [-0.05, 0) is 45.2 Å².